The number of rotatable bonds is 9. The molecule has 0 unspecified atom stereocenters. The van der Waals surface area contributed by atoms with Gasteiger partial charge in [0.05, 0.1) is 79.8 Å². The minimum absolute atomic E-state index is 0.337. The van der Waals surface area contributed by atoms with Gasteiger partial charge in [0.15, 0.2) is 23.1 Å². The van der Waals surface area contributed by atoms with Crippen molar-refractivity contribution in [2.75, 3.05) is 4.90 Å². The molecule has 109 heavy (non-hydrogen) atoms. The molecule has 1 aliphatic rings. The summed E-state index contributed by atoms with van der Waals surface area (Å²) in [4.78, 5) is 28.6. The maximum absolute atomic E-state index is 9.71. The van der Waals surface area contributed by atoms with Gasteiger partial charge in [-0.25, -0.2) is 24.8 Å². The number of anilines is 3. The summed E-state index contributed by atoms with van der Waals surface area (Å²) in [6, 6.07) is 121. The number of nitrogens with zero attached hydrogens (tertiary/aromatic N) is 13. The Morgan fingerprint density at radius 3 is 1.11 bits per heavy atom. The Labute approximate surface area is 626 Å². The van der Waals surface area contributed by atoms with Crippen molar-refractivity contribution in [3.63, 3.8) is 0 Å². The molecule has 0 amide bonds. The number of hydrogen-bond acceptors (Lipinski definition) is 10. The van der Waals surface area contributed by atoms with E-state index in [1.54, 1.807) is 18.2 Å². The summed E-state index contributed by atoms with van der Waals surface area (Å²) >= 11 is 0. The second-order valence-corrected chi connectivity index (χ2v) is 26.0. The average molecular weight is 1400 g/mol. The molecular formula is C95H57N13O. The van der Waals surface area contributed by atoms with Crippen LogP contribution in [0.2, 0.25) is 0 Å². The predicted molar refractivity (Wildman–Crippen MR) is 434 cm³/mol. The van der Waals surface area contributed by atoms with E-state index in [0.717, 1.165) is 107 Å². The third-order valence-electron chi connectivity index (χ3n) is 19.6. The average Bonchev–Trinajstić information content (AvgIpc) is 1.54. The molecule has 13 aromatic carbocycles. The molecule has 0 spiro atoms. The number of pyridine rings is 1. The van der Waals surface area contributed by atoms with E-state index in [4.69, 9.17) is 26.5 Å². The lowest BCUT2D eigenvalue weighted by atomic mass is 10.1. The zero-order valence-corrected chi connectivity index (χ0v) is 58.1. The molecule has 0 N–H and O–H groups in total. The van der Waals surface area contributed by atoms with Crippen molar-refractivity contribution in [1.29, 1.82) is 15.8 Å². The van der Waals surface area contributed by atoms with Gasteiger partial charge in [-0.1, -0.05) is 188 Å². The van der Waals surface area contributed by atoms with Crippen molar-refractivity contribution in [1.82, 2.24) is 38.6 Å². The zero-order chi connectivity index (χ0) is 73.3. The van der Waals surface area contributed by atoms with Crippen molar-refractivity contribution in [3.05, 3.63) is 374 Å². The van der Waals surface area contributed by atoms with Crippen molar-refractivity contribution < 1.29 is 4.74 Å². The van der Waals surface area contributed by atoms with Gasteiger partial charge in [0, 0.05) is 95.7 Å². The van der Waals surface area contributed by atoms with Crippen LogP contribution in [0, 0.1) is 40.6 Å². The van der Waals surface area contributed by atoms with Crippen LogP contribution in [-0.4, -0.2) is 38.6 Å². The lowest BCUT2D eigenvalue weighted by Crippen LogP contribution is -2.15. The van der Waals surface area contributed by atoms with Gasteiger partial charge >= 0.3 is 0 Å². The van der Waals surface area contributed by atoms with Crippen LogP contribution in [0.25, 0.3) is 144 Å². The van der Waals surface area contributed by atoms with E-state index in [0.29, 0.717) is 40.0 Å². The fourth-order valence-corrected chi connectivity index (χ4v) is 14.6. The predicted octanol–water partition coefficient (Wildman–Crippen LogP) is 23.4. The number of nitriles is 3. The van der Waals surface area contributed by atoms with Crippen LogP contribution in [0.3, 0.4) is 0 Å². The van der Waals surface area contributed by atoms with Crippen LogP contribution in [0.1, 0.15) is 17.0 Å². The first-order valence-electron chi connectivity index (χ1n) is 35.3. The van der Waals surface area contributed by atoms with Crippen molar-refractivity contribution in [2.24, 2.45) is 0 Å². The second kappa shape index (κ2) is 28.1. The first kappa shape index (κ1) is 65.2. The first-order chi connectivity index (χ1) is 53.9. The summed E-state index contributed by atoms with van der Waals surface area (Å²) in [5, 5.41) is 35.5. The number of benzene rings is 13. The molecule has 0 bridgehead atoms. The molecule has 14 nitrogen and oxygen atoms in total. The molecule has 0 saturated heterocycles. The van der Waals surface area contributed by atoms with Crippen molar-refractivity contribution in [3.8, 4) is 103 Å². The third kappa shape index (κ3) is 12.1. The molecule has 7 heterocycles. The Hall–Kier alpha value is -15.9. The quantitative estimate of drug-likeness (QED) is 0.127. The molecule has 0 radical (unpaired) electrons. The lowest BCUT2D eigenvalue weighted by Gasteiger charge is -2.32. The first-order valence-corrected chi connectivity index (χ1v) is 35.3. The van der Waals surface area contributed by atoms with E-state index in [1.807, 2.05) is 176 Å². The highest BCUT2D eigenvalue weighted by Crippen LogP contribution is 2.50. The topological polar surface area (TPSA) is 167 Å². The molecular weight excluding hydrogens is 1340 g/mol. The maximum atomic E-state index is 9.71. The maximum Gasteiger partial charge on any atom is 0.214 e. The van der Waals surface area contributed by atoms with Crippen LogP contribution >= 0.6 is 0 Å². The van der Waals surface area contributed by atoms with Gasteiger partial charge < -0.3 is 23.3 Å². The molecule has 508 valence electrons. The Kier molecular flexibility index (Phi) is 16.8. The Balaban J connectivity index is 0.000000119. The summed E-state index contributed by atoms with van der Waals surface area (Å²) in [5.41, 5.74) is 21.1. The minimum atomic E-state index is 0.337. The van der Waals surface area contributed by atoms with Gasteiger partial charge in [-0.3, -0.25) is 4.98 Å². The van der Waals surface area contributed by atoms with Gasteiger partial charge in [0.1, 0.15) is 23.5 Å². The molecule has 0 saturated carbocycles. The van der Waals surface area contributed by atoms with E-state index in [-0.39, 0.29) is 0 Å². The third-order valence-corrected chi connectivity index (χ3v) is 19.6. The van der Waals surface area contributed by atoms with Crippen LogP contribution in [0.4, 0.5) is 22.7 Å². The second-order valence-electron chi connectivity index (χ2n) is 26.0. The fourth-order valence-electron chi connectivity index (χ4n) is 14.6. The number of ether oxygens (including phenoxy) is 1. The SMILES string of the molecule is N#Cc1cc(-c2ccccc2)nc(-c2ccc(-n3c4ccccc4c4cc5c(cc43)c3ccccc3n5-c3ccccc3)cc2)n1.N#Cc1cc(-c2ccccc2)nc(-c2ccc(N3c4ccccc4Oc4ccccc43)cc2)n1.[C-]#[N+]c1cc(C#N)cnc1-c1ccc(-n2c3ccccc3c3ccccc32)cc1. The van der Waals surface area contributed by atoms with Crippen molar-refractivity contribution in [2.45, 2.75) is 0 Å². The zero-order valence-electron chi connectivity index (χ0n) is 58.1. The van der Waals surface area contributed by atoms with E-state index in [2.05, 4.69) is 202 Å². The van der Waals surface area contributed by atoms with Crippen LogP contribution in [0.15, 0.2) is 346 Å². The summed E-state index contributed by atoms with van der Waals surface area (Å²) in [6.07, 6.45) is 1.50. The van der Waals surface area contributed by atoms with Crippen LogP contribution in [0.5, 0.6) is 11.5 Å². The van der Waals surface area contributed by atoms with E-state index in [9.17, 15) is 10.5 Å². The lowest BCUT2D eigenvalue weighted by molar-refractivity contribution is 0.477. The monoisotopic (exact) mass is 1400 g/mol. The Bertz CT molecular complexity index is 6820. The molecule has 19 aromatic rings. The molecule has 20 rings (SSSR count). The van der Waals surface area contributed by atoms with Crippen LogP contribution in [-0.2, 0) is 0 Å². The smallest absolute Gasteiger partial charge is 0.214 e. The molecule has 1 aliphatic heterocycles. The molecule has 14 heteroatoms. The fraction of sp³-hybridized carbons (Fsp3) is 0. The van der Waals surface area contributed by atoms with Crippen LogP contribution < -0.4 is 9.64 Å². The van der Waals surface area contributed by atoms with E-state index in [1.165, 1.54) is 49.5 Å². The number of hydrogen-bond donors (Lipinski definition) is 0. The van der Waals surface area contributed by atoms with Gasteiger partial charge in [-0.05, 0) is 145 Å². The van der Waals surface area contributed by atoms with E-state index >= 15 is 0 Å². The van der Waals surface area contributed by atoms with Gasteiger partial charge in [-0.2, -0.15) is 15.8 Å². The standard InChI is InChI=1S/C41H25N5.C29H18N4O.C25H14N4/c42-26-29-23-36(27-11-3-1-4-12-27)44-41(43-29)28-19-21-31(22-20-28)46-38-18-10-8-16-33(38)35-24-39-34(25-40(35)46)32-15-7-9-17-37(32)45(39)30-13-5-2-6-14-30;30-19-22-18-24(20-8-2-1-3-9-20)32-29(31-22)21-14-16-23(17-15-21)33-25-10-4-6-12-27(25)34-28-13-7-5-11-26(28)33;1-27-22-14-17(15-26)16-28-25(22)18-10-12-19(13-11-18)29-23-8-4-2-6-20(23)21-7-3-5-9-24(21)29/h1-25H;1-18H;2-14,16H. The van der Waals surface area contributed by atoms with E-state index < -0.39 is 0 Å². The number of aromatic nitrogens is 8. The number of fused-ring (bicyclic) bond motifs is 11. The molecule has 6 aromatic heterocycles. The summed E-state index contributed by atoms with van der Waals surface area (Å²) < 4.78 is 13.1. The summed E-state index contributed by atoms with van der Waals surface area (Å²) in [6.45, 7) is 7.41. The minimum Gasteiger partial charge on any atom is -0.453 e. The van der Waals surface area contributed by atoms with Gasteiger partial charge in [-0.15, -0.1) is 0 Å². The Morgan fingerprint density at radius 1 is 0.312 bits per heavy atom. The van der Waals surface area contributed by atoms with Crippen molar-refractivity contribution >= 4 is 88.2 Å². The number of para-hydroxylation sites is 9. The summed E-state index contributed by atoms with van der Waals surface area (Å²) in [5.74, 6) is 2.67. The summed E-state index contributed by atoms with van der Waals surface area (Å²) in [7, 11) is 0. The normalized spacial score (nSPS) is 11.3. The molecule has 0 fully saturated rings. The highest BCUT2D eigenvalue weighted by Gasteiger charge is 2.26. The Morgan fingerprint density at radius 2 is 0.679 bits per heavy atom. The molecule has 0 aliphatic carbocycles. The largest absolute Gasteiger partial charge is 0.453 e. The van der Waals surface area contributed by atoms with Gasteiger partial charge in [0.25, 0.3) is 0 Å². The molecule has 0 atom stereocenters. The van der Waals surface area contributed by atoms with Gasteiger partial charge in [0.2, 0.25) is 5.69 Å². The highest BCUT2D eigenvalue weighted by molar-refractivity contribution is 6.19. The highest BCUT2D eigenvalue weighted by atomic mass is 16.5.